The summed E-state index contributed by atoms with van der Waals surface area (Å²) < 4.78 is 0. The van der Waals surface area contributed by atoms with Crippen LogP contribution < -0.4 is 19.6 Å². The highest BCUT2D eigenvalue weighted by atomic mass is 15.5. The zero-order valence-corrected chi connectivity index (χ0v) is 27.2. The minimum absolute atomic E-state index is 0.0101. The molecule has 0 aromatic heterocycles. The molecule has 5 heteroatoms. The summed E-state index contributed by atoms with van der Waals surface area (Å²) in [6.45, 7) is 7.30. The first kappa shape index (κ1) is 26.9. The lowest BCUT2D eigenvalue weighted by Crippen LogP contribution is -2.53. The Morgan fingerprint density at radius 3 is 1.62 bits per heavy atom. The van der Waals surface area contributed by atoms with Crippen molar-refractivity contribution < 1.29 is 0 Å². The molecule has 4 heterocycles. The molecule has 0 N–H and O–H groups in total. The minimum atomic E-state index is -0.296. The maximum atomic E-state index is 5.04. The monoisotopic (exact) mass is 611 g/mol. The quantitative estimate of drug-likeness (QED) is 0.199. The maximum Gasteiger partial charge on any atom is 0.153 e. The van der Waals surface area contributed by atoms with Crippen LogP contribution in [0.25, 0.3) is 0 Å². The number of hydrogen-bond donors (Lipinski definition) is 0. The van der Waals surface area contributed by atoms with Crippen molar-refractivity contribution in [3.8, 4) is 0 Å². The van der Waals surface area contributed by atoms with Crippen molar-refractivity contribution in [2.75, 3.05) is 26.6 Å². The lowest BCUT2D eigenvalue weighted by Gasteiger charge is -2.44. The molecule has 2 fully saturated rings. The first-order chi connectivity index (χ1) is 23.1. The summed E-state index contributed by atoms with van der Waals surface area (Å²) in [7, 11) is 1.95. The molecule has 5 nitrogen and oxygen atoms in total. The number of para-hydroxylation sites is 6. The zero-order valence-electron chi connectivity index (χ0n) is 27.2. The molecule has 0 radical (unpaired) electrons. The largest absolute Gasteiger partial charge is 0.317 e. The summed E-state index contributed by atoms with van der Waals surface area (Å²) in [4.78, 5) is 15.5. The Bertz CT molecular complexity index is 2140. The van der Waals surface area contributed by atoms with E-state index in [1.54, 1.807) is 0 Å². The van der Waals surface area contributed by atoms with Crippen LogP contribution in [0.3, 0.4) is 0 Å². The first-order valence-electron chi connectivity index (χ1n) is 16.7. The number of rotatable bonds is 2. The van der Waals surface area contributed by atoms with Gasteiger partial charge in [-0.1, -0.05) is 105 Å². The van der Waals surface area contributed by atoms with Crippen LogP contribution in [0.4, 0.5) is 34.1 Å². The average molecular weight is 612 g/mol. The van der Waals surface area contributed by atoms with Crippen molar-refractivity contribution in [1.82, 2.24) is 0 Å². The fourth-order valence-electron chi connectivity index (χ4n) is 10.7. The Morgan fingerprint density at radius 1 is 0.532 bits per heavy atom. The molecule has 1 saturated carbocycles. The van der Waals surface area contributed by atoms with Crippen molar-refractivity contribution in [3.63, 3.8) is 0 Å². The molecular formula is C42H37N5. The summed E-state index contributed by atoms with van der Waals surface area (Å²) in [6.07, 6.45) is 2.27. The Hall–Kier alpha value is -5.29. The zero-order chi connectivity index (χ0) is 31.7. The van der Waals surface area contributed by atoms with Crippen molar-refractivity contribution in [2.45, 2.75) is 43.9 Å². The van der Waals surface area contributed by atoms with Gasteiger partial charge in [0, 0.05) is 40.6 Å². The third-order valence-corrected chi connectivity index (χ3v) is 12.4. The summed E-state index contributed by atoms with van der Waals surface area (Å²) in [5.41, 5.74) is 10.7. The SMILES string of the molecule is CC=C1C(=NC)N2c3ccccc3C3(C)C(C)(C2N1c1ccccc1)C31c2ccccc2N2c3ccccc3N(c3ccccc3)C21. The Balaban J connectivity index is 1.33. The Labute approximate surface area is 276 Å². The molecule has 1 spiro atoms. The second-order valence-corrected chi connectivity index (χ2v) is 13.8. The summed E-state index contributed by atoms with van der Waals surface area (Å²) in [5.74, 6) is 1.02. The molecule has 10 rings (SSSR count). The highest BCUT2D eigenvalue weighted by molar-refractivity contribution is 6.17. The van der Waals surface area contributed by atoms with E-state index >= 15 is 0 Å². The average Bonchev–Trinajstić information content (AvgIpc) is 3.51. The van der Waals surface area contributed by atoms with Crippen LogP contribution in [0, 0.1) is 5.41 Å². The lowest BCUT2D eigenvalue weighted by molar-refractivity contribution is 0.339. The molecule has 1 aliphatic carbocycles. The van der Waals surface area contributed by atoms with Gasteiger partial charge in [-0.05, 0) is 66.6 Å². The van der Waals surface area contributed by atoms with Crippen LogP contribution >= 0.6 is 0 Å². The second-order valence-electron chi connectivity index (χ2n) is 13.8. The molecule has 5 aromatic rings. The van der Waals surface area contributed by atoms with Crippen molar-refractivity contribution in [3.05, 3.63) is 156 Å². The van der Waals surface area contributed by atoms with Gasteiger partial charge in [0.25, 0.3) is 0 Å². The number of benzene rings is 5. The van der Waals surface area contributed by atoms with E-state index in [0.29, 0.717) is 0 Å². The third-order valence-electron chi connectivity index (χ3n) is 12.4. The van der Waals surface area contributed by atoms with E-state index in [0.717, 1.165) is 11.5 Å². The number of hydrogen-bond acceptors (Lipinski definition) is 4. The fraction of sp³-hybridized carbons (Fsp3) is 0.214. The van der Waals surface area contributed by atoms with E-state index in [2.05, 4.69) is 180 Å². The molecule has 0 amide bonds. The van der Waals surface area contributed by atoms with E-state index in [1.165, 1.54) is 45.3 Å². The molecule has 5 unspecified atom stereocenters. The smallest absolute Gasteiger partial charge is 0.153 e. The van der Waals surface area contributed by atoms with E-state index in [-0.39, 0.29) is 28.6 Å². The van der Waals surface area contributed by atoms with E-state index in [4.69, 9.17) is 4.99 Å². The van der Waals surface area contributed by atoms with Crippen LogP contribution in [0.15, 0.2) is 150 Å². The van der Waals surface area contributed by atoms with Crippen LogP contribution in [0.2, 0.25) is 0 Å². The molecular weight excluding hydrogens is 574 g/mol. The third kappa shape index (κ3) is 2.76. The number of amidine groups is 1. The molecule has 5 atom stereocenters. The van der Waals surface area contributed by atoms with Crippen molar-refractivity contribution >= 4 is 40.0 Å². The van der Waals surface area contributed by atoms with Crippen LogP contribution in [0.1, 0.15) is 31.9 Å². The topological polar surface area (TPSA) is 25.3 Å². The van der Waals surface area contributed by atoms with Crippen molar-refractivity contribution in [2.24, 2.45) is 10.4 Å². The molecule has 4 aliphatic heterocycles. The van der Waals surface area contributed by atoms with Crippen LogP contribution in [-0.4, -0.2) is 25.2 Å². The molecule has 47 heavy (non-hydrogen) atoms. The molecule has 230 valence electrons. The summed E-state index contributed by atoms with van der Waals surface area (Å²) in [5, 5.41) is 0. The van der Waals surface area contributed by atoms with Gasteiger partial charge < -0.3 is 19.6 Å². The highest BCUT2D eigenvalue weighted by Gasteiger charge is 2.94. The number of aliphatic imine (C=N–C) groups is 1. The molecule has 5 aromatic carbocycles. The number of fused-ring (bicyclic) bond motifs is 15. The predicted molar refractivity (Wildman–Crippen MR) is 193 cm³/mol. The predicted octanol–water partition coefficient (Wildman–Crippen LogP) is 9.13. The Kier molecular flexibility index (Phi) is 5.12. The number of anilines is 6. The van der Waals surface area contributed by atoms with Crippen molar-refractivity contribution in [1.29, 1.82) is 0 Å². The minimum Gasteiger partial charge on any atom is -0.317 e. The van der Waals surface area contributed by atoms with E-state index in [1.807, 2.05) is 7.05 Å². The molecule has 1 saturated heterocycles. The van der Waals surface area contributed by atoms with Gasteiger partial charge in [0.15, 0.2) is 5.84 Å². The lowest BCUT2D eigenvalue weighted by atomic mass is 9.80. The number of allylic oxidation sites excluding steroid dienone is 1. The van der Waals surface area contributed by atoms with Gasteiger partial charge in [-0.3, -0.25) is 4.99 Å². The van der Waals surface area contributed by atoms with Gasteiger partial charge in [-0.15, -0.1) is 0 Å². The number of nitrogens with zero attached hydrogens (tertiary/aromatic N) is 5. The normalized spacial score (nSPS) is 30.7. The van der Waals surface area contributed by atoms with Gasteiger partial charge >= 0.3 is 0 Å². The van der Waals surface area contributed by atoms with E-state index < -0.39 is 0 Å². The van der Waals surface area contributed by atoms with Gasteiger partial charge in [-0.25, -0.2) is 0 Å². The standard InChI is InChI=1S/C42H37N5/c1-5-32-37(43-4)47-33-24-14-12-22-30(33)40(2)41(3,38(47)44(32)28-18-8-6-9-19-28)42(40)31-23-13-15-25-34(31)46-36-27-17-16-26-35(36)45(39(42)46)29-20-10-7-11-21-29/h5-27,38-39H,1-4H3. The van der Waals surface area contributed by atoms with Crippen LogP contribution in [0.5, 0.6) is 0 Å². The van der Waals surface area contributed by atoms with Gasteiger partial charge in [-0.2, -0.15) is 0 Å². The van der Waals surface area contributed by atoms with Gasteiger partial charge in [0.05, 0.1) is 22.5 Å². The van der Waals surface area contributed by atoms with Gasteiger partial charge in [0.1, 0.15) is 12.3 Å². The van der Waals surface area contributed by atoms with Crippen LogP contribution in [-0.2, 0) is 10.8 Å². The highest BCUT2D eigenvalue weighted by Crippen LogP contribution is 2.89. The van der Waals surface area contributed by atoms with E-state index in [9.17, 15) is 0 Å². The molecule has 5 aliphatic rings. The van der Waals surface area contributed by atoms with Gasteiger partial charge in [0.2, 0.25) is 0 Å². The summed E-state index contributed by atoms with van der Waals surface area (Å²) in [6, 6.07) is 49.3. The second kappa shape index (κ2) is 8.95. The summed E-state index contributed by atoms with van der Waals surface area (Å²) >= 11 is 0. The fourth-order valence-corrected chi connectivity index (χ4v) is 10.7. The molecule has 0 bridgehead atoms. The Morgan fingerprint density at radius 2 is 1.02 bits per heavy atom. The maximum absolute atomic E-state index is 5.04. The first-order valence-corrected chi connectivity index (χ1v) is 16.7.